The molecule has 2 aromatic heterocycles. The molecule has 4 N–H and O–H groups in total. The summed E-state index contributed by atoms with van der Waals surface area (Å²) in [7, 11) is 1.60. The molecule has 2 amide bonds. The number of methoxy groups -OCH3 is 1. The molecule has 1 aliphatic carbocycles. The lowest BCUT2D eigenvalue weighted by molar-refractivity contribution is -0.127. The van der Waals surface area contributed by atoms with Gasteiger partial charge in [-0.15, -0.1) is 0 Å². The molecule has 2 aliphatic rings. The third kappa shape index (κ3) is 5.27. The summed E-state index contributed by atoms with van der Waals surface area (Å²) < 4.78 is 6.92. The van der Waals surface area contributed by atoms with E-state index in [4.69, 9.17) is 27.8 Å². The molecule has 3 heterocycles. The second-order valence-electron chi connectivity index (χ2n) is 10.2. The van der Waals surface area contributed by atoms with Crippen molar-refractivity contribution in [3.63, 3.8) is 0 Å². The maximum atomic E-state index is 12.9. The highest BCUT2D eigenvalue weighted by Gasteiger charge is 2.37. The number of hydrogen-bond acceptors (Lipinski definition) is 7. The third-order valence-electron chi connectivity index (χ3n) is 7.48. The number of aryl methyl sites for hydroxylation is 2. The van der Waals surface area contributed by atoms with Crippen molar-refractivity contribution in [2.24, 2.45) is 5.73 Å². The van der Waals surface area contributed by atoms with Crippen molar-refractivity contribution in [1.82, 2.24) is 24.9 Å². The van der Waals surface area contributed by atoms with Crippen LogP contribution in [0.3, 0.4) is 0 Å². The van der Waals surface area contributed by atoms with Crippen LogP contribution >= 0.6 is 11.6 Å². The predicted octanol–water partition coefficient (Wildman–Crippen LogP) is 3.19. The van der Waals surface area contributed by atoms with Gasteiger partial charge in [-0.05, 0) is 61.8 Å². The zero-order valence-electron chi connectivity index (χ0n) is 22.6. The van der Waals surface area contributed by atoms with Crippen molar-refractivity contribution in [2.75, 3.05) is 26.0 Å². The number of benzene rings is 1. The van der Waals surface area contributed by atoms with Crippen LogP contribution in [0.4, 0.5) is 5.82 Å². The van der Waals surface area contributed by atoms with Crippen LogP contribution in [-0.2, 0) is 22.4 Å². The molecule has 40 heavy (non-hydrogen) atoms. The van der Waals surface area contributed by atoms with Crippen LogP contribution in [0.25, 0.3) is 10.9 Å². The number of carbonyl (C=O) groups excluding carboxylic acids is 2. The maximum Gasteiger partial charge on any atom is 0.255 e. The summed E-state index contributed by atoms with van der Waals surface area (Å²) in [5, 5.41) is 14.7. The first-order valence-corrected chi connectivity index (χ1v) is 13.8. The van der Waals surface area contributed by atoms with Crippen molar-refractivity contribution in [3.05, 3.63) is 57.4 Å². The number of anilines is 1. The number of hydrogen-bond donors (Lipinski definition) is 2. The molecule has 3 aromatic rings. The van der Waals surface area contributed by atoms with Crippen LogP contribution in [0, 0.1) is 11.8 Å². The molecular weight excluding hydrogens is 530 g/mol. The highest BCUT2D eigenvalue weighted by atomic mass is 35.5. The second kappa shape index (κ2) is 11.7. The first-order chi connectivity index (χ1) is 19.3. The Hall–Kier alpha value is -3.94. The molecule has 0 bridgehead atoms. The number of nitrogen functional groups attached to an aromatic ring is 1. The van der Waals surface area contributed by atoms with E-state index < -0.39 is 5.91 Å². The number of allylic oxidation sites excluding steroid dienone is 1. The van der Waals surface area contributed by atoms with Crippen LogP contribution in [0.5, 0.6) is 0 Å². The van der Waals surface area contributed by atoms with Gasteiger partial charge in [0.2, 0.25) is 5.91 Å². The number of likely N-dealkylation sites (tertiary alicyclic amines) is 1. The van der Waals surface area contributed by atoms with Crippen LogP contribution in [0.2, 0.25) is 5.02 Å². The highest BCUT2D eigenvalue weighted by Crippen LogP contribution is 2.32. The molecule has 5 rings (SSSR count). The number of ether oxygens (including phenoxy) is 1. The van der Waals surface area contributed by atoms with E-state index in [0.29, 0.717) is 35.7 Å². The van der Waals surface area contributed by atoms with Gasteiger partial charge in [-0.2, -0.15) is 15.3 Å². The van der Waals surface area contributed by atoms with Crippen LogP contribution in [0.1, 0.15) is 71.5 Å². The zero-order valence-corrected chi connectivity index (χ0v) is 23.4. The summed E-state index contributed by atoms with van der Waals surface area (Å²) >= 11 is 6.60. The zero-order chi connectivity index (χ0) is 28.4. The Labute approximate surface area is 237 Å². The predicted molar refractivity (Wildman–Crippen MR) is 153 cm³/mol. The summed E-state index contributed by atoms with van der Waals surface area (Å²) in [6.45, 7) is 2.78. The molecule has 11 heteroatoms. The van der Waals surface area contributed by atoms with Crippen molar-refractivity contribution < 1.29 is 14.3 Å². The molecule has 1 saturated heterocycles. The van der Waals surface area contributed by atoms with Gasteiger partial charge < -0.3 is 21.1 Å². The SMILES string of the molecule is CCC/C=C/C(=O)N1CC(n2nc(C#Cc3cc4nnc5c(c4cc3Cl)CCC5)c(C(N)=O)c2N)C[C@@H]1COC. The van der Waals surface area contributed by atoms with E-state index in [1.807, 2.05) is 12.1 Å². The number of aromatic nitrogens is 4. The number of rotatable bonds is 7. The topological polar surface area (TPSA) is 142 Å². The van der Waals surface area contributed by atoms with Crippen LogP contribution < -0.4 is 11.5 Å². The van der Waals surface area contributed by atoms with Gasteiger partial charge in [-0.3, -0.25) is 9.59 Å². The van der Waals surface area contributed by atoms with Crippen LogP contribution in [0.15, 0.2) is 24.3 Å². The van der Waals surface area contributed by atoms with E-state index in [-0.39, 0.29) is 35.1 Å². The lowest BCUT2D eigenvalue weighted by Gasteiger charge is -2.22. The van der Waals surface area contributed by atoms with Gasteiger partial charge in [0, 0.05) is 24.6 Å². The Morgan fingerprint density at radius 2 is 2.08 bits per heavy atom. The van der Waals surface area contributed by atoms with Crippen molar-refractivity contribution >= 4 is 40.1 Å². The van der Waals surface area contributed by atoms with Gasteiger partial charge in [0.05, 0.1) is 34.9 Å². The number of amides is 2. The van der Waals surface area contributed by atoms with Gasteiger partial charge in [0.25, 0.3) is 5.91 Å². The maximum absolute atomic E-state index is 12.9. The number of halogens is 1. The van der Waals surface area contributed by atoms with Crippen molar-refractivity contribution in [1.29, 1.82) is 0 Å². The summed E-state index contributed by atoms with van der Waals surface area (Å²) in [6, 6.07) is 3.22. The number of carbonyl (C=O) groups is 2. The van der Waals surface area contributed by atoms with E-state index in [9.17, 15) is 9.59 Å². The Bertz CT molecular complexity index is 1570. The standard InChI is InChI=1S/C29H32ClN7O3/c1-3-4-5-9-26(38)36-15-18(13-19(36)16-40-2)37-28(31)27(29(32)39)24(35-37)11-10-17-12-25-21(14-22(17)30)20-7-6-8-23(20)33-34-25/h5,9,12,14,18-19H,3-4,6-8,13,15-16,31H2,1-2H3,(H2,32,39)/b9-5+/t18?,19-/m1/s1. The lowest BCUT2D eigenvalue weighted by Crippen LogP contribution is -2.37. The second-order valence-corrected chi connectivity index (χ2v) is 10.6. The van der Waals surface area contributed by atoms with E-state index in [0.717, 1.165) is 43.2 Å². The Morgan fingerprint density at radius 3 is 2.83 bits per heavy atom. The molecule has 1 aromatic carbocycles. The molecule has 0 saturated carbocycles. The summed E-state index contributed by atoms with van der Waals surface area (Å²) in [5.74, 6) is 5.24. The largest absolute Gasteiger partial charge is 0.383 e. The minimum atomic E-state index is -0.735. The fourth-order valence-electron chi connectivity index (χ4n) is 5.54. The smallest absolute Gasteiger partial charge is 0.255 e. The Morgan fingerprint density at radius 1 is 1.25 bits per heavy atom. The number of nitrogens with zero attached hydrogens (tertiary/aromatic N) is 5. The number of nitrogens with two attached hydrogens (primary N) is 2. The molecule has 0 radical (unpaired) electrons. The summed E-state index contributed by atoms with van der Waals surface area (Å²) in [6.07, 6.45) is 8.73. The fraction of sp³-hybridized carbons (Fsp3) is 0.414. The van der Waals surface area contributed by atoms with E-state index in [1.165, 1.54) is 5.56 Å². The van der Waals surface area contributed by atoms with Gasteiger partial charge in [0.1, 0.15) is 11.4 Å². The summed E-state index contributed by atoms with van der Waals surface area (Å²) in [4.78, 5) is 27.1. The normalized spacial score (nSPS) is 18.3. The molecular formula is C29H32ClN7O3. The molecule has 1 fully saturated rings. The highest BCUT2D eigenvalue weighted by molar-refractivity contribution is 6.32. The Balaban J connectivity index is 1.47. The van der Waals surface area contributed by atoms with E-state index >= 15 is 0 Å². The molecule has 2 atom stereocenters. The van der Waals surface area contributed by atoms with E-state index in [2.05, 4.69) is 34.1 Å². The van der Waals surface area contributed by atoms with Gasteiger partial charge in [-0.1, -0.05) is 36.9 Å². The third-order valence-corrected chi connectivity index (χ3v) is 7.80. The first kappa shape index (κ1) is 27.6. The minimum Gasteiger partial charge on any atom is -0.383 e. The average Bonchev–Trinajstić information content (AvgIpc) is 3.65. The molecule has 1 aliphatic heterocycles. The minimum absolute atomic E-state index is 0.0398. The van der Waals surface area contributed by atoms with Crippen molar-refractivity contribution in [2.45, 2.75) is 57.5 Å². The van der Waals surface area contributed by atoms with Gasteiger partial charge >= 0.3 is 0 Å². The fourth-order valence-corrected chi connectivity index (χ4v) is 5.75. The molecule has 1 unspecified atom stereocenters. The number of primary amides is 1. The first-order valence-electron chi connectivity index (χ1n) is 13.5. The van der Waals surface area contributed by atoms with Gasteiger partial charge in [0.15, 0.2) is 5.69 Å². The molecule has 10 nitrogen and oxygen atoms in total. The monoisotopic (exact) mass is 561 g/mol. The molecule has 0 spiro atoms. The van der Waals surface area contributed by atoms with Crippen molar-refractivity contribution in [3.8, 4) is 11.8 Å². The quantitative estimate of drug-likeness (QED) is 0.333. The molecule has 208 valence electrons. The summed E-state index contributed by atoms with van der Waals surface area (Å²) in [5.41, 5.74) is 15.7. The Kier molecular flexibility index (Phi) is 8.05. The lowest BCUT2D eigenvalue weighted by atomic mass is 10.1. The number of unbranched alkanes of at least 4 members (excludes halogenated alkanes) is 1. The van der Waals surface area contributed by atoms with Crippen LogP contribution in [-0.4, -0.2) is 63.0 Å². The number of fused-ring (bicyclic) bond motifs is 3. The van der Waals surface area contributed by atoms with Gasteiger partial charge in [-0.25, -0.2) is 4.68 Å². The average molecular weight is 562 g/mol. The van der Waals surface area contributed by atoms with E-state index in [1.54, 1.807) is 28.8 Å².